The largest absolute Gasteiger partial charge is 0.449 e. The molecule has 0 fully saturated rings. The number of benzene rings is 2. The van der Waals surface area contributed by atoms with E-state index < -0.39 is 34.0 Å². The number of rotatable bonds is 6. The van der Waals surface area contributed by atoms with Crippen molar-refractivity contribution >= 4 is 33.6 Å². The van der Waals surface area contributed by atoms with Crippen LogP contribution in [0.15, 0.2) is 47.4 Å². The second-order valence-electron chi connectivity index (χ2n) is 8.53. The maximum atomic E-state index is 13.0. The second kappa shape index (κ2) is 10.0. The summed E-state index contributed by atoms with van der Waals surface area (Å²) in [4.78, 5) is 35.4. The summed E-state index contributed by atoms with van der Waals surface area (Å²) in [6, 6.07) is 10.2. The van der Waals surface area contributed by atoms with Gasteiger partial charge in [-0.1, -0.05) is 32.9 Å². The van der Waals surface area contributed by atoms with Gasteiger partial charge in [0.15, 0.2) is 6.10 Å². The second-order valence-corrected chi connectivity index (χ2v) is 10.2. The van der Waals surface area contributed by atoms with Gasteiger partial charge in [-0.15, -0.1) is 0 Å². The Kier molecular flexibility index (Phi) is 7.86. The maximum Gasteiger partial charge on any atom is 0.338 e. The average molecular weight is 476 g/mol. The Morgan fingerprint density at radius 2 is 1.61 bits per heavy atom. The quantitative estimate of drug-likeness (QED) is 0.551. The predicted octanol–water partition coefficient (Wildman–Crippen LogP) is 3.09. The number of esters is 1. The van der Waals surface area contributed by atoms with Gasteiger partial charge in [0.1, 0.15) is 0 Å². The van der Waals surface area contributed by atoms with Crippen molar-refractivity contribution < 1.29 is 27.5 Å². The standard InChI is InChI=1S/C23H29N3O6S/c1-14-7-10-17(23(3,4)5)13-19(14)33(30,31)26-18-11-8-16(9-12-18)21(28)32-15(2)20(27)25-22(29)24-6/h7-13,15,26H,1-6H3,(H2,24,25,27,29). The molecule has 0 bridgehead atoms. The smallest absolute Gasteiger partial charge is 0.338 e. The van der Waals surface area contributed by atoms with Crippen LogP contribution in [0.4, 0.5) is 10.5 Å². The minimum absolute atomic E-state index is 0.114. The first-order chi connectivity index (χ1) is 15.2. The lowest BCUT2D eigenvalue weighted by atomic mass is 9.87. The van der Waals surface area contributed by atoms with E-state index in [0.717, 1.165) is 5.56 Å². The van der Waals surface area contributed by atoms with E-state index in [9.17, 15) is 22.8 Å². The van der Waals surface area contributed by atoms with Crippen LogP contribution < -0.4 is 15.4 Å². The SMILES string of the molecule is CNC(=O)NC(=O)C(C)OC(=O)c1ccc(NS(=O)(=O)c2cc(C(C)(C)C)ccc2C)cc1. The molecule has 2 aromatic carbocycles. The zero-order chi connectivity index (χ0) is 25.0. The van der Waals surface area contributed by atoms with Gasteiger partial charge in [0.2, 0.25) is 0 Å². The molecule has 0 saturated heterocycles. The van der Waals surface area contributed by atoms with Crippen molar-refractivity contribution in [1.82, 2.24) is 10.6 Å². The minimum atomic E-state index is -3.86. The molecule has 178 valence electrons. The molecule has 0 aromatic heterocycles. The number of amides is 3. The molecule has 0 spiro atoms. The van der Waals surface area contributed by atoms with Gasteiger partial charge in [-0.3, -0.25) is 14.8 Å². The summed E-state index contributed by atoms with van der Waals surface area (Å²) in [5.74, 6) is -1.57. The number of nitrogens with one attached hydrogen (secondary N) is 3. The van der Waals surface area contributed by atoms with E-state index in [4.69, 9.17) is 4.74 Å². The van der Waals surface area contributed by atoms with Gasteiger partial charge in [0.05, 0.1) is 10.5 Å². The van der Waals surface area contributed by atoms with Crippen LogP contribution in [-0.4, -0.2) is 39.5 Å². The number of urea groups is 1. The number of anilines is 1. The number of sulfonamides is 1. The third-order valence-corrected chi connectivity index (χ3v) is 6.36. The number of hydrogen-bond acceptors (Lipinski definition) is 6. The van der Waals surface area contributed by atoms with Gasteiger partial charge < -0.3 is 10.1 Å². The van der Waals surface area contributed by atoms with E-state index in [0.29, 0.717) is 5.56 Å². The fourth-order valence-corrected chi connectivity index (χ4v) is 4.13. The maximum absolute atomic E-state index is 13.0. The molecule has 1 atom stereocenters. The highest BCUT2D eigenvalue weighted by atomic mass is 32.2. The number of ether oxygens (including phenoxy) is 1. The Hall–Kier alpha value is -3.40. The molecule has 10 heteroatoms. The lowest BCUT2D eigenvalue weighted by Crippen LogP contribution is -2.43. The number of imide groups is 1. The molecule has 2 aromatic rings. The van der Waals surface area contributed by atoms with Gasteiger partial charge in [-0.05, 0) is 60.7 Å². The van der Waals surface area contributed by atoms with Gasteiger partial charge in [-0.25, -0.2) is 18.0 Å². The molecule has 0 aliphatic heterocycles. The van der Waals surface area contributed by atoms with Crippen molar-refractivity contribution in [2.75, 3.05) is 11.8 Å². The fraction of sp³-hybridized carbons (Fsp3) is 0.348. The van der Waals surface area contributed by atoms with Crippen molar-refractivity contribution in [3.05, 3.63) is 59.2 Å². The normalized spacial score (nSPS) is 12.4. The molecule has 0 aliphatic carbocycles. The number of hydrogen-bond donors (Lipinski definition) is 3. The van der Waals surface area contributed by atoms with Crippen molar-refractivity contribution in [3.8, 4) is 0 Å². The van der Waals surface area contributed by atoms with Gasteiger partial charge >= 0.3 is 12.0 Å². The van der Waals surface area contributed by atoms with E-state index in [-0.39, 0.29) is 21.6 Å². The van der Waals surface area contributed by atoms with Gasteiger partial charge in [0.25, 0.3) is 15.9 Å². The molecule has 3 N–H and O–H groups in total. The summed E-state index contributed by atoms with van der Waals surface area (Å²) in [6.07, 6.45) is -1.20. The van der Waals surface area contributed by atoms with E-state index >= 15 is 0 Å². The lowest BCUT2D eigenvalue weighted by molar-refractivity contribution is -0.127. The van der Waals surface area contributed by atoms with Crippen molar-refractivity contribution in [2.24, 2.45) is 0 Å². The van der Waals surface area contributed by atoms with E-state index in [2.05, 4.69) is 10.0 Å². The molecule has 0 radical (unpaired) electrons. The zero-order valence-electron chi connectivity index (χ0n) is 19.5. The summed E-state index contributed by atoms with van der Waals surface area (Å²) in [6.45, 7) is 9.06. The van der Waals surface area contributed by atoms with E-state index in [1.54, 1.807) is 19.1 Å². The van der Waals surface area contributed by atoms with Crippen LogP contribution in [0.1, 0.15) is 49.2 Å². The molecule has 2 rings (SSSR count). The average Bonchev–Trinajstić information content (AvgIpc) is 2.72. The number of aryl methyl sites for hydroxylation is 1. The molecule has 1 unspecified atom stereocenters. The van der Waals surface area contributed by atoms with E-state index in [1.807, 2.05) is 32.2 Å². The first-order valence-electron chi connectivity index (χ1n) is 10.2. The highest BCUT2D eigenvalue weighted by molar-refractivity contribution is 7.92. The monoisotopic (exact) mass is 475 g/mol. The minimum Gasteiger partial charge on any atom is -0.449 e. The molecule has 33 heavy (non-hydrogen) atoms. The number of carbonyl (C=O) groups is 3. The zero-order valence-corrected chi connectivity index (χ0v) is 20.3. The molecule has 3 amide bonds. The van der Waals surface area contributed by atoms with E-state index in [1.165, 1.54) is 38.2 Å². The Balaban J connectivity index is 2.13. The van der Waals surface area contributed by atoms with Crippen LogP contribution in [0.3, 0.4) is 0 Å². The Labute approximate surface area is 194 Å². The van der Waals surface area contributed by atoms with Crippen LogP contribution in [-0.2, 0) is 25.0 Å². The molecule has 0 saturated carbocycles. The summed E-state index contributed by atoms with van der Waals surface area (Å²) in [7, 11) is -2.52. The third kappa shape index (κ3) is 6.79. The van der Waals surface area contributed by atoms with Gasteiger partial charge in [-0.2, -0.15) is 0 Å². The Morgan fingerprint density at radius 1 is 1.00 bits per heavy atom. The molecular formula is C23H29N3O6S. The summed E-state index contributed by atoms with van der Waals surface area (Å²) < 4.78 is 33.5. The number of carbonyl (C=O) groups excluding carboxylic acids is 3. The fourth-order valence-electron chi connectivity index (χ4n) is 2.80. The van der Waals surface area contributed by atoms with Crippen molar-refractivity contribution in [2.45, 2.75) is 51.0 Å². The topological polar surface area (TPSA) is 131 Å². The van der Waals surface area contributed by atoms with Gasteiger partial charge in [0, 0.05) is 12.7 Å². The van der Waals surface area contributed by atoms with Crippen LogP contribution in [0, 0.1) is 6.92 Å². The third-order valence-electron chi connectivity index (χ3n) is 4.83. The van der Waals surface area contributed by atoms with Crippen LogP contribution in [0.2, 0.25) is 0 Å². The van der Waals surface area contributed by atoms with Crippen LogP contribution >= 0.6 is 0 Å². The Morgan fingerprint density at radius 3 is 2.15 bits per heavy atom. The first kappa shape index (κ1) is 25.9. The first-order valence-corrected chi connectivity index (χ1v) is 11.7. The molecule has 0 aliphatic rings. The highest BCUT2D eigenvalue weighted by Crippen LogP contribution is 2.28. The summed E-state index contributed by atoms with van der Waals surface area (Å²) in [5.41, 5.74) is 1.66. The molecule has 0 heterocycles. The van der Waals surface area contributed by atoms with Crippen LogP contribution in [0.5, 0.6) is 0 Å². The van der Waals surface area contributed by atoms with Crippen molar-refractivity contribution in [3.63, 3.8) is 0 Å². The van der Waals surface area contributed by atoms with Crippen molar-refractivity contribution in [1.29, 1.82) is 0 Å². The van der Waals surface area contributed by atoms with Crippen LogP contribution in [0.25, 0.3) is 0 Å². The lowest BCUT2D eigenvalue weighted by Gasteiger charge is -2.21. The molecular weight excluding hydrogens is 446 g/mol. The predicted molar refractivity (Wildman–Crippen MR) is 125 cm³/mol. The Bertz CT molecular complexity index is 1150. The highest BCUT2D eigenvalue weighted by Gasteiger charge is 2.23. The molecule has 9 nitrogen and oxygen atoms in total. The summed E-state index contributed by atoms with van der Waals surface area (Å²) in [5, 5.41) is 4.23. The summed E-state index contributed by atoms with van der Waals surface area (Å²) >= 11 is 0.